The molecule has 121 heavy (non-hydrogen) atoms. The largest absolute Gasteiger partial charge is 0.469 e. The van der Waals surface area contributed by atoms with Crippen molar-refractivity contribution >= 4 is 35.8 Å². The summed E-state index contributed by atoms with van der Waals surface area (Å²) in [6, 6.07) is 88.4. The van der Waals surface area contributed by atoms with Crippen LogP contribution in [0.15, 0.2) is 303 Å². The Balaban J connectivity index is 0.960. The molecule has 0 unspecified atom stereocenters. The van der Waals surface area contributed by atoms with Gasteiger partial charge in [0.1, 0.15) is 55.4 Å². The fourth-order valence-corrected chi connectivity index (χ4v) is 14.4. The normalized spacial score (nSPS) is 22.6. The van der Waals surface area contributed by atoms with Gasteiger partial charge in [0.05, 0.1) is 81.2 Å². The maximum Gasteiger partial charge on any atom is 0.338 e. The summed E-state index contributed by atoms with van der Waals surface area (Å²) in [7, 11) is 1.36. The highest BCUT2D eigenvalue weighted by molar-refractivity contribution is 5.92. The van der Waals surface area contributed by atoms with Crippen LogP contribution >= 0.6 is 0 Å². The van der Waals surface area contributed by atoms with Crippen LogP contribution in [0.2, 0.25) is 0 Å². The molecule has 10 aromatic carbocycles. The third-order valence-corrected chi connectivity index (χ3v) is 20.7. The summed E-state index contributed by atoms with van der Waals surface area (Å²) in [4.78, 5) is 87.9. The molecule has 630 valence electrons. The Bertz CT molecular complexity index is 4740. The maximum absolute atomic E-state index is 15.7. The minimum absolute atomic E-state index is 0.00293. The van der Waals surface area contributed by atoms with Gasteiger partial charge in [-0.3, -0.25) is 4.79 Å². The van der Waals surface area contributed by atoms with E-state index in [0.29, 0.717) is 25.7 Å². The standard InChI is InChI=1S/C98H100O23/c1-105-81(99)58-36-4-2-3-5-37-59-108-96-89(118-94(103)76-54-32-14-33-55-76)86(116-92(101)74-50-28-12-29-51-74)84(80(113-96)67-112-91(100)73-48-26-11-27-49-73)121-98-90(119-95(104)77-56-34-15-35-57-77)87(117-93(102)75-52-30-13-31-53-75)83(79(115-98)66-107-61-69-40-18-7-19-41-69)120-97-88(111-64-72-46-24-10-25-47-72)85(110-63-71-44-22-9-23-45-71)82(109-62-70-42-20-8-21-43-70)78(114-97)65-106-60-68-38-16-6-17-39-68/h6-35,38-57,78-80,82-90,96-98H,2-5,36-37,58-67H2,1H3/t78-,79-,80-,82+,83+,84-,85+,86+,87+,88-,89-,90-,96-,97-,98+/m1/s1. The molecule has 3 fully saturated rings. The van der Waals surface area contributed by atoms with Crippen LogP contribution in [0.4, 0.5) is 0 Å². The molecule has 3 saturated heterocycles. The number of methoxy groups -OCH3 is 1. The zero-order valence-corrected chi connectivity index (χ0v) is 67.2. The van der Waals surface area contributed by atoms with Crippen molar-refractivity contribution in [2.75, 3.05) is 33.5 Å². The molecule has 23 heteroatoms. The third-order valence-electron chi connectivity index (χ3n) is 20.7. The van der Waals surface area contributed by atoms with E-state index in [9.17, 15) is 14.4 Å². The van der Waals surface area contributed by atoms with Gasteiger partial charge >= 0.3 is 35.8 Å². The second kappa shape index (κ2) is 46.4. The van der Waals surface area contributed by atoms with E-state index < -0.39 is 135 Å². The summed E-state index contributed by atoms with van der Waals surface area (Å²) >= 11 is 0. The van der Waals surface area contributed by atoms with Crippen LogP contribution in [0.5, 0.6) is 0 Å². The predicted molar refractivity (Wildman–Crippen MR) is 443 cm³/mol. The molecule has 15 atom stereocenters. The van der Waals surface area contributed by atoms with E-state index in [1.165, 1.54) is 31.4 Å². The van der Waals surface area contributed by atoms with Gasteiger partial charge in [0.25, 0.3) is 0 Å². The SMILES string of the molecule is COC(=O)CCCCCCCCO[C@@H]1O[C@H](COC(=O)c2ccccc2)[C@@H](O[C@@H]2O[C@H](COCc3ccccc3)[C@H](O[C@H]3O[C@H](COCc4ccccc4)[C@H](OCc4ccccc4)[C@H](OCc4ccccc4)[C@H]3OCc3ccccc3)[C@H](OC(=O)c3ccccc3)[C@H]2OC(=O)c2ccccc2)[C@H](OC(=O)c2ccccc2)[C@H]1OC(=O)c1ccccc1. The lowest BCUT2D eigenvalue weighted by Crippen LogP contribution is -2.68. The molecule has 0 bridgehead atoms. The van der Waals surface area contributed by atoms with Crippen LogP contribution < -0.4 is 0 Å². The first kappa shape index (κ1) is 87.4. The number of hydrogen-bond donors (Lipinski definition) is 0. The number of esters is 6. The van der Waals surface area contributed by atoms with E-state index in [-0.39, 0.29) is 80.0 Å². The maximum atomic E-state index is 15.7. The van der Waals surface area contributed by atoms with E-state index in [1.54, 1.807) is 127 Å². The molecule has 23 nitrogen and oxygen atoms in total. The monoisotopic (exact) mass is 1640 g/mol. The first-order valence-corrected chi connectivity index (χ1v) is 40.9. The Morgan fingerprint density at radius 3 is 0.942 bits per heavy atom. The van der Waals surface area contributed by atoms with E-state index in [2.05, 4.69) is 0 Å². The molecule has 0 aromatic heterocycles. The lowest BCUT2D eigenvalue weighted by atomic mass is 9.94. The zero-order chi connectivity index (χ0) is 83.6. The number of carbonyl (C=O) groups is 6. The van der Waals surface area contributed by atoms with Crippen LogP contribution in [0.1, 0.15) is 125 Å². The van der Waals surface area contributed by atoms with Gasteiger partial charge in [-0.1, -0.05) is 268 Å². The molecule has 0 spiro atoms. The van der Waals surface area contributed by atoms with Crippen LogP contribution in [0, 0.1) is 0 Å². The number of ether oxygens (including phenoxy) is 17. The third kappa shape index (κ3) is 25.8. The van der Waals surface area contributed by atoms with Crippen molar-refractivity contribution in [3.8, 4) is 0 Å². The zero-order valence-electron chi connectivity index (χ0n) is 67.2. The topological polar surface area (TPSA) is 259 Å². The number of rotatable bonds is 42. The molecule has 0 amide bonds. The van der Waals surface area contributed by atoms with Crippen molar-refractivity contribution in [1.82, 2.24) is 0 Å². The quantitative estimate of drug-likeness (QED) is 0.0196. The average Bonchev–Trinajstić information content (AvgIpc) is 0.756. The summed E-state index contributed by atoms with van der Waals surface area (Å²) in [6.45, 7) is -0.931. The Kier molecular flexibility index (Phi) is 33.5. The average molecular weight is 1650 g/mol. The van der Waals surface area contributed by atoms with Crippen LogP contribution in [0.3, 0.4) is 0 Å². The highest BCUT2D eigenvalue weighted by Gasteiger charge is 2.60. The van der Waals surface area contributed by atoms with Gasteiger partial charge in [-0.15, -0.1) is 0 Å². The van der Waals surface area contributed by atoms with E-state index in [4.69, 9.17) is 80.5 Å². The van der Waals surface area contributed by atoms with Gasteiger partial charge in [0.2, 0.25) is 0 Å². The Morgan fingerprint density at radius 2 is 0.554 bits per heavy atom. The summed E-state index contributed by atoms with van der Waals surface area (Å²) < 4.78 is 117. The molecule has 3 aliphatic rings. The molecular formula is C98H100O23. The van der Waals surface area contributed by atoms with Gasteiger partial charge in [0, 0.05) is 13.0 Å². The number of hydrogen-bond acceptors (Lipinski definition) is 23. The molecule has 0 aliphatic carbocycles. The van der Waals surface area contributed by atoms with Gasteiger partial charge in [-0.25, -0.2) is 24.0 Å². The first-order chi connectivity index (χ1) is 59.5. The Labute approximate surface area is 704 Å². The molecular weight excluding hydrogens is 1550 g/mol. The lowest BCUT2D eigenvalue weighted by molar-refractivity contribution is -0.383. The van der Waals surface area contributed by atoms with Crippen molar-refractivity contribution in [1.29, 1.82) is 0 Å². The molecule has 3 heterocycles. The number of carbonyl (C=O) groups excluding carboxylic acids is 6. The van der Waals surface area contributed by atoms with Gasteiger partial charge in [-0.05, 0) is 101 Å². The van der Waals surface area contributed by atoms with Crippen molar-refractivity contribution in [2.45, 2.75) is 170 Å². The fourth-order valence-electron chi connectivity index (χ4n) is 14.4. The summed E-state index contributed by atoms with van der Waals surface area (Å²) in [6.07, 6.45) is -19.1. The summed E-state index contributed by atoms with van der Waals surface area (Å²) in [5.41, 5.74) is 4.50. The Hall–Kier alpha value is -11.4. The second-order valence-electron chi connectivity index (χ2n) is 29.3. The summed E-state index contributed by atoms with van der Waals surface area (Å²) in [5, 5.41) is 0. The number of benzene rings is 10. The Morgan fingerprint density at radius 1 is 0.264 bits per heavy atom. The first-order valence-electron chi connectivity index (χ1n) is 40.9. The van der Waals surface area contributed by atoms with Crippen LogP contribution in [-0.4, -0.2) is 161 Å². The highest BCUT2D eigenvalue weighted by atomic mass is 16.8. The minimum Gasteiger partial charge on any atom is -0.469 e. The molecule has 0 saturated carbocycles. The molecule has 0 radical (unpaired) electrons. The smallest absolute Gasteiger partial charge is 0.338 e. The molecule has 13 rings (SSSR count). The molecule has 0 N–H and O–H groups in total. The molecule has 10 aromatic rings. The fraction of sp³-hybridized carbons (Fsp3) is 0.327. The van der Waals surface area contributed by atoms with Crippen molar-refractivity contribution in [2.24, 2.45) is 0 Å². The summed E-state index contributed by atoms with van der Waals surface area (Å²) in [5.74, 6) is -4.79. The van der Waals surface area contributed by atoms with E-state index in [1.807, 2.05) is 152 Å². The van der Waals surface area contributed by atoms with Crippen molar-refractivity contribution in [3.63, 3.8) is 0 Å². The predicted octanol–water partition coefficient (Wildman–Crippen LogP) is 15.8. The van der Waals surface area contributed by atoms with Gasteiger partial charge in [0.15, 0.2) is 43.3 Å². The van der Waals surface area contributed by atoms with Gasteiger partial charge < -0.3 is 80.5 Å². The number of unbranched alkanes of at least 4 members (excludes halogenated alkanes) is 5. The van der Waals surface area contributed by atoms with Gasteiger partial charge in [-0.2, -0.15) is 0 Å². The molecule has 3 aliphatic heterocycles. The lowest BCUT2D eigenvalue weighted by Gasteiger charge is -2.51. The highest BCUT2D eigenvalue weighted by Crippen LogP contribution is 2.40. The minimum atomic E-state index is -2.02. The van der Waals surface area contributed by atoms with Crippen LogP contribution in [-0.2, 0) is 118 Å². The van der Waals surface area contributed by atoms with Crippen molar-refractivity contribution < 1.29 is 109 Å². The van der Waals surface area contributed by atoms with E-state index in [0.717, 1.165) is 47.1 Å². The van der Waals surface area contributed by atoms with Crippen molar-refractivity contribution in [3.05, 3.63) is 359 Å². The van der Waals surface area contributed by atoms with Crippen LogP contribution in [0.25, 0.3) is 0 Å². The second-order valence-corrected chi connectivity index (χ2v) is 29.3. The van der Waals surface area contributed by atoms with E-state index >= 15 is 14.4 Å².